The van der Waals surface area contributed by atoms with Gasteiger partial charge in [0.25, 0.3) is 0 Å². The third-order valence-corrected chi connectivity index (χ3v) is 1.75. The van der Waals surface area contributed by atoms with E-state index < -0.39 is 0 Å². The second kappa shape index (κ2) is 7.28. The fourth-order valence-electron chi connectivity index (χ4n) is 0.630. The highest BCUT2D eigenvalue weighted by Crippen LogP contribution is 2.00. The standard InChI is InChI=1S/C6H13NOS2/c8-6(7-10)4-2-1-3-5-9/h9-10H,1-5H2,(H,7,8). The van der Waals surface area contributed by atoms with Crippen LogP contribution in [0.5, 0.6) is 0 Å². The summed E-state index contributed by atoms with van der Waals surface area (Å²) < 4.78 is 2.28. The minimum absolute atomic E-state index is 0.00231. The fraction of sp³-hybridized carbons (Fsp3) is 0.833. The van der Waals surface area contributed by atoms with Crippen molar-refractivity contribution in [2.45, 2.75) is 25.7 Å². The third-order valence-electron chi connectivity index (χ3n) is 1.19. The quantitative estimate of drug-likeness (QED) is 0.432. The average molecular weight is 179 g/mol. The minimum atomic E-state index is 0.00231. The molecule has 0 aliphatic rings. The maximum atomic E-state index is 10.6. The zero-order valence-corrected chi connectivity index (χ0v) is 7.63. The second-order valence-corrected chi connectivity index (χ2v) is 2.74. The van der Waals surface area contributed by atoms with Crippen molar-refractivity contribution in [2.75, 3.05) is 5.75 Å². The Bertz CT molecular complexity index is 97.7. The summed E-state index contributed by atoms with van der Waals surface area (Å²) in [5, 5.41) is 0. The van der Waals surface area contributed by atoms with Crippen LogP contribution < -0.4 is 4.72 Å². The van der Waals surface area contributed by atoms with E-state index in [1.165, 1.54) is 0 Å². The van der Waals surface area contributed by atoms with Gasteiger partial charge in [-0.25, -0.2) is 0 Å². The molecule has 0 saturated carbocycles. The van der Waals surface area contributed by atoms with Crippen LogP contribution in [0.25, 0.3) is 0 Å². The Hall–Kier alpha value is 0.170. The van der Waals surface area contributed by atoms with Gasteiger partial charge >= 0.3 is 0 Å². The molecular formula is C6H13NOS2. The first-order valence-corrected chi connectivity index (χ1v) is 4.43. The molecule has 0 heterocycles. The Labute approximate surface area is 72.7 Å². The predicted octanol–water partition coefficient (Wildman–Crippen LogP) is 1.44. The maximum Gasteiger partial charge on any atom is 0.229 e. The number of unbranched alkanes of at least 4 members (excludes halogenated alkanes) is 2. The molecule has 0 radical (unpaired) electrons. The van der Waals surface area contributed by atoms with Crippen LogP contribution in [0.2, 0.25) is 0 Å². The molecule has 0 aromatic rings. The van der Waals surface area contributed by atoms with Gasteiger partial charge in [0.05, 0.1) is 0 Å². The van der Waals surface area contributed by atoms with E-state index >= 15 is 0 Å². The monoisotopic (exact) mass is 179 g/mol. The molecule has 1 amide bonds. The van der Waals surface area contributed by atoms with Crippen molar-refractivity contribution in [3.05, 3.63) is 0 Å². The molecule has 10 heavy (non-hydrogen) atoms. The van der Waals surface area contributed by atoms with Gasteiger partial charge in [-0.2, -0.15) is 12.6 Å². The topological polar surface area (TPSA) is 29.1 Å². The first kappa shape index (κ1) is 10.2. The lowest BCUT2D eigenvalue weighted by Crippen LogP contribution is -2.11. The van der Waals surface area contributed by atoms with Crippen LogP contribution in [-0.4, -0.2) is 11.7 Å². The summed E-state index contributed by atoms with van der Waals surface area (Å²) in [7, 11) is 0. The minimum Gasteiger partial charge on any atom is -0.303 e. The number of thiol groups is 2. The predicted molar refractivity (Wildman–Crippen MR) is 49.4 cm³/mol. The summed E-state index contributed by atoms with van der Waals surface area (Å²) in [5.41, 5.74) is 0. The molecule has 0 saturated heterocycles. The molecule has 0 atom stereocenters. The summed E-state index contributed by atoms with van der Waals surface area (Å²) in [6.45, 7) is 0. The fourth-order valence-corrected chi connectivity index (χ4v) is 0.965. The molecular weight excluding hydrogens is 166 g/mol. The highest BCUT2D eigenvalue weighted by Gasteiger charge is 1.95. The summed E-state index contributed by atoms with van der Waals surface area (Å²) >= 11 is 7.68. The van der Waals surface area contributed by atoms with Gasteiger partial charge in [-0.15, -0.1) is 0 Å². The van der Waals surface area contributed by atoms with Crippen LogP contribution in [-0.2, 0) is 4.79 Å². The van der Waals surface area contributed by atoms with Gasteiger partial charge in [0.1, 0.15) is 0 Å². The third kappa shape index (κ3) is 6.29. The van der Waals surface area contributed by atoms with E-state index in [1.54, 1.807) is 0 Å². The lowest BCUT2D eigenvalue weighted by Gasteiger charge is -1.96. The number of amides is 1. The lowest BCUT2D eigenvalue weighted by atomic mass is 10.2. The number of carbonyl (C=O) groups excluding carboxylic acids is 1. The molecule has 0 aromatic carbocycles. The van der Waals surface area contributed by atoms with Gasteiger partial charge in [-0.1, -0.05) is 19.2 Å². The molecule has 0 aromatic heterocycles. The van der Waals surface area contributed by atoms with E-state index in [2.05, 4.69) is 30.2 Å². The Kier molecular flexibility index (Phi) is 7.40. The van der Waals surface area contributed by atoms with E-state index in [0.29, 0.717) is 6.42 Å². The van der Waals surface area contributed by atoms with Crippen molar-refractivity contribution in [1.82, 2.24) is 4.72 Å². The van der Waals surface area contributed by atoms with Crippen molar-refractivity contribution < 1.29 is 4.79 Å². The Morgan fingerprint density at radius 1 is 1.30 bits per heavy atom. The zero-order chi connectivity index (χ0) is 7.82. The van der Waals surface area contributed by atoms with E-state index in [0.717, 1.165) is 25.0 Å². The van der Waals surface area contributed by atoms with Crippen molar-refractivity contribution >= 4 is 31.4 Å². The number of hydrogen-bond acceptors (Lipinski definition) is 3. The molecule has 0 rings (SSSR count). The Balaban J connectivity index is 2.96. The van der Waals surface area contributed by atoms with Crippen molar-refractivity contribution in [2.24, 2.45) is 0 Å². The average Bonchev–Trinajstić information content (AvgIpc) is 1.98. The number of carbonyl (C=O) groups is 1. The molecule has 0 spiro atoms. The van der Waals surface area contributed by atoms with Gasteiger partial charge in [0.15, 0.2) is 0 Å². The zero-order valence-electron chi connectivity index (χ0n) is 5.84. The smallest absolute Gasteiger partial charge is 0.229 e. The van der Waals surface area contributed by atoms with Crippen LogP contribution >= 0.6 is 25.4 Å². The van der Waals surface area contributed by atoms with E-state index in [4.69, 9.17) is 0 Å². The number of rotatable bonds is 5. The summed E-state index contributed by atoms with van der Waals surface area (Å²) in [6, 6.07) is 0. The first-order valence-electron chi connectivity index (χ1n) is 3.35. The molecule has 0 aliphatic heterocycles. The second-order valence-electron chi connectivity index (χ2n) is 2.07. The van der Waals surface area contributed by atoms with E-state index in [-0.39, 0.29) is 5.91 Å². The number of hydrogen-bond donors (Lipinski definition) is 3. The molecule has 0 bridgehead atoms. The summed E-state index contributed by atoms with van der Waals surface area (Å²) in [6.07, 6.45) is 3.68. The van der Waals surface area contributed by atoms with Crippen molar-refractivity contribution in [1.29, 1.82) is 0 Å². The lowest BCUT2D eigenvalue weighted by molar-refractivity contribution is -0.119. The van der Waals surface area contributed by atoms with Crippen LogP contribution in [0.15, 0.2) is 0 Å². The molecule has 2 nitrogen and oxygen atoms in total. The Morgan fingerprint density at radius 2 is 2.00 bits per heavy atom. The van der Waals surface area contributed by atoms with Gasteiger partial charge < -0.3 is 4.72 Å². The molecule has 0 unspecified atom stereocenters. The largest absolute Gasteiger partial charge is 0.303 e. The first-order chi connectivity index (χ1) is 4.81. The summed E-state index contributed by atoms with van der Waals surface area (Å²) in [5.74, 6) is 0.908. The van der Waals surface area contributed by atoms with E-state index in [1.807, 2.05) is 0 Å². The molecule has 60 valence electrons. The Morgan fingerprint density at radius 3 is 2.50 bits per heavy atom. The van der Waals surface area contributed by atoms with Gasteiger partial charge in [0.2, 0.25) is 5.91 Å². The summed E-state index contributed by atoms with van der Waals surface area (Å²) in [4.78, 5) is 10.6. The molecule has 4 heteroatoms. The van der Waals surface area contributed by atoms with Crippen molar-refractivity contribution in [3.8, 4) is 0 Å². The highest BCUT2D eigenvalue weighted by atomic mass is 32.1. The van der Waals surface area contributed by atoms with Gasteiger partial charge in [-0.05, 0) is 18.6 Å². The molecule has 1 N–H and O–H groups in total. The van der Waals surface area contributed by atoms with Crippen LogP contribution in [0.1, 0.15) is 25.7 Å². The maximum absolute atomic E-state index is 10.6. The van der Waals surface area contributed by atoms with Crippen LogP contribution in [0, 0.1) is 0 Å². The van der Waals surface area contributed by atoms with Crippen LogP contribution in [0.4, 0.5) is 0 Å². The number of nitrogens with one attached hydrogen (secondary N) is 1. The molecule has 0 aliphatic carbocycles. The van der Waals surface area contributed by atoms with Gasteiger partial charge in [0, 0.05) is 6.42 Å². The SMILES string of the molecule is O=C(CCCCCS)NS. The normalized spacial score (nSPS) is 9.40. The van der Waals surface area contributed by atoms with Crippen LogP contribution in [0.3, 0.4) is 0 Å². The van der Waals surface area contributed by atoms with Crippen molar-refractivity contribution in [3.63, 3.8) is 0 Å². The van der Waals surface area contributed by atoms with Gasteiger partial charge in [-0.3, -0.25) is 4.79 Å². The highest BCUT2D eigenvalue weighted by molar-refractivity contribution is 7.80. The molecule has 0 fully saturated rings. The van der Waals surface area contributed by atoms with E-state index in [9.17, 15) is 4.79 Å².